The highest BCUT2D eigenvalue weighted by Crippen LogP contribution is 2.23. The fraction of sp³-hybridized carbons (Fsp3) is 0.267. The summed E-state index contributed by atoms with van der Waals surface area (Å²) < 4.78 is 4.85. The number of benzene rings is 1. The van der Waals surface area contributed by atoms with Crippen LogP contribution < -0.4 is 5.32 Å². The summed E-state index contributed by atoms with van der Waals surface area (Å²) in [7, 11) is 1.38. The Morgan fingerprint density at radius 3 is 2.80 bits per heavy atom. The smallest absolute Gasteiger partial charge is 0.327 e. The van der Waals surface area contributed by atoms with Gasteiger partial charge in [-0.25, -0.2) is 4.79 Å². The van der Waals surface area contributed by atoms with E-state index in [1.807, 2.05) is 29.6 Å². The summed E-state index contributed by atoms with van der Waals surface area (Å²) in [4.78, 5) is 13.2. The van der Waals surface area contributed by atoms with Crippen molar-refractivity contribution in [1.82, 2.24) is 5.32 Å². The first-order valence-electron chi connectivity index (χ1n) is 6.30. The van der Waals surface area contributed by atoms with Crippen LogP contribution >= 0.6 is 22.9 Å². The molecule has 0 spiro atoms. The molecule has 1 aromatic heterocycles. The minimum atomic E-state index is -0.534. The van der Waals surface area contributed by atoms with Crippen molar-refractivity contribution in [2.24, 2.45) is 0 Å². The van der Waals surface area contributed by atoms with E-state index < -0.39 is 6.04 Å². The summed E-state index contributed by atoms with van der Waals surface area (Å²) in [6, 6.07) is 10.9. The highest BCUT2D eigenvalue weighted by Gasteiger charge is 2.22. The van der Waals surface area contributed by atoms with Gasteiger partial charge in [-0.15, -0.1) is 11.3 Å². The third-order valence-electron chi connectivity index (χ3n) is 2.95. The van der Waals surface area contributed by atoms with Crippen molar-refractivity contribution < 1.29 is 9.53 Å². The summed E-state index contributed by atoms with van der Waals surface area (Å²) in [5, 5.41) is 5.82. The molecule has 2 aromatic rings. The van der Waals surface area contributed by atoms with E-state index in [0.717, 1.165) is 12.0 Å². The monoisotopic (exact) mass is 309 g/mol. The largest absolute Gasteiger partial charge is 0.468 e. The number of halogens is 1. The van der Waals surface area contributed by atoms with Crippen LogP contribution in [0.5, 0.6) is 0 Å². The molecule has 0 unspecified atom stereocenters. The molecule has 2 rings (SSSR count). The zero-order chi connectivity index (χ0) is 14.4. The van der Waals surface area contributed by atoms with Crippen molar-refractivity contribution in [2.45, 2.75) is 12.5 Å². The number of methoxy groups -OCH3 is 1. The Labute approximate surface area is 127 Å². The molecule has 1 N–H and O–H groups in total. The first-order chi connectivity index (χ1) is 9.72. The Balaban J connectivity index is 2.04. The van der Waals surface area contributed by atoms with Crippen LogP contribution in [0.25, 0.3) is 0 Å². The molecule has 1 heterocycles. The predicted octanol–water partition coefficient (Wildman–Crippen LogP) is 3.45. The molecule has 0 aliphatic carbocycles. The van der Waals surface area contributed by atoms with Crippen molar-refractivity contribution in [2.75, 3.05) is 13.7 Å². The van der Waals surface area contributed by atoms with E-state index in [0.29, 0.717) is 11.6 Å². The van der Waals surface area contributed by atoms with Crippen LogP contribution in [0, 0.1) is 0 Å². The third-order valence-corrected chi connectivity index (χ3v) is 4.23. The Morgan fingerprint density at radius 2 is 2.15 bits per heavy atom. The summed E-state index contributed by atoms with van der Waals surface area (Å²) >= 11 is 7.86. The standard InChI is InChI=1S/C15H16ClNO2S/c1-19-15(18)14(12-6-2-3-7-13(12)16)17-9-8-11-5-4-10-20-11/h2-7,10,14,17H,8-9H2,1H3/t14-/m0/s1. The number of rotatable bonds is 6. The van der Waals surface area contributed by atoms with Crippen LogP contribution in [0.3, 0.4) is 0 Å². The zero-order valence-corrected chi connectivity index (χ0v) is 12.7. The molecule has 0 amide bonds. The molecule has 1 atom stereocenters. The van der Waals surface area contributed by atoms with Crippen LogP contribution in [0.1, 0.15) is 16.5 Å². The van der Waals surface area contributed by atoms with E-state index >= 15 is 0 Å². The Morgan fingerprint density at radius 1 is 1.35 bits per heavy atom. The summed E-state index contributed by atoms with van der Waals surface area (Å²) in [5.74, 6) is -0.329. The minimum Gasteiger partial charge on any atom is -0.468 e. The molecule has 0 aliphatic rings. The van der Waals surface area contributed by atoms with Crippen LogP contribution in [-0.2, 0) is 16.0 Å². The van der Waals surface area contributed by atoms with Crippen molar-refractivity contribution in [3.05, 3.63) is 57.2 Å². The molecule has 5 heteroatoms. The minimum absolute atomic E-state index is 0.329. The van der Waals surface area contributed by atoms with Crippen molar-refractivity contribution in [3.63, 3.8) is 0 Å². The maximum atomic E-state index is 11.9. The van der Waals surface area contributed by atoms with Gasteiger partial charge in [0.2, 0.25) is 0 Å². The molecule has 20 heavy (non-hydrogen) atoms. The molecule has 0 saturated heterocycles. The van der Waals surface area contributed by atoms with Gasteiger partial charge in [0.15, 0.2) is 0 Å². The quantitative estimate of drug-likeness (QED) is 0.831. The second-order valence-corrected chi connectivity index (χ2v) is 5.70. The van der Waals surface area contributed by atoms with Gasteiger partial charge in [-0.1, -0.05) is 35.9 Å². The average Bonchev–Trinajstić information content (AvgIpc) is 2.97. The lowest BCUT2D eigenvalue weighted by molar-refractivity contribution is -0.143. The maximum absolute atomic E-state index is 11.9. The number of esters is 1. The molecule has 3 nitrogen and oxygen atoms in total. The number of hydrogen-bond donors (Lipinski definition) is 1. The molecule has 0 aliphatic heterocycles. The second-order valence-electron chi connectivity index (χ2n) is 4.26. The van der Waals surface area contributed by atoms with Crippen LogP contribution in [0.4, 0.5) is 0 Å². The molecular formula is C15H16ClNO2S. The second kappa shape index (κ2) is 7.43. The third kappa shape index (κ3) is 3.82. The Kier molecular flexibility index (Phi) is 5.59. The summed E-state index contributed by atoms with van der Waals surface area (Å²) in [6.45, 7) is 0.686. The first-order valence-corrected chi connectivity index (χ1v) is 7.56. The molecule has 0 bridgehead atoms. The topological polar surface area (TPSA) is 38.3 Å². The number of hydrogen-bond acceptors (Lipinski definition) is 4. The van der Waals surface area contributed by atoms with Gasteiger partial charge in [-0.2, -0.15) is 0 Å². The van der Waals surface area contributed by atoms with Gasteiger partial charge in [-0.05, 0) is 29.5 Å². The highest BCUT2D eigenvalue weighted by molar-refractivity contribution is 7.09. The molecule has 0 saturated carbocycles. The number of ether oxygens (including phenoxy) is 1. The van der Waals surface area contributed by atoms with E-state index in [1.165, 1.54) is 12.0 Å². The molecule has 106 valence electrons. The van der Waals surface area contributed by atoms with Gasteiger partial charge in [0.25, 0.3) is 0 Å². The van der Waals surface area contributed by atoms with Crippen molar-refractivity contribution >= 4 is 28.9 Å². The SMILES string of the molecule is COC(=O)[C@@H](NCCc1cccs1)c1ccccc1Cl. The number of carbonyl (C=O) groups excluding carboxylic acids is 1. The average molecular weight is 310 g/mol. The van der Waals surface area contributed by atoms with E-state index in [1.54, 1.807) is 17.4 Å². The zero-order valence-electron chi connectivity index (χ0n) is 11.1. The fourth-order valence-electron chi connectivity index (χ4n) is 1.94. The predicted molar refractivity (Wildman–Crippen MR) is 82.2 cm³/mol. The van der Waals surface area contributed by atoms with Gasteiger partial charge in [0.05, 0.1) is 7.11 Å². The summed E-state index contributed by atoms with van der Waals surface area (Å²) in [6.07, 6.45) is 0.871. The van der Waals surface area contributed by atoms with Gasteiger partial charge in [0.1, 0.15) is 6.04 Å². The van der Waals surface area contributed by atoms with Gasteiger partial charge in [-0.3, -0.25) is 0 Å². The summed E-state index contributed by atoms with van der Waals surface area (Å²) in [5.41, 5.74) is 0.743. The lowest BCUT2D eigenvalue weighted by atomic mass is 10.1. The maximum Gasteiger partial charge on any atom is 0.327 e. The van der Waals surface area contributed by atoms with Gasteiger partial charge < -0.3 is 10.1 Å². The molecular weight excluding hydrogens is 294 g/mol. The van der Waals surface area contributed by atoms with E-state index in [4.69, 9.17) is 16.3 Å². The highest BCUT2D eigenvalue weighted by atomic mass is 35.5. The number of nitrogens with one attached hydrogen (secondary N) is 1. The van der Waals surface area contributed by atoms with E-state index in [9.17, 15) is 4.79 Å². The van der Waals surface area contributed by atoms with Crippen LogP contribution in [-0.4, -0.2) is 19.6 Å². The Bertz CT molecular complexity index is 557. The van der Waals surface area contributed by atoms with E-state index in [-0.39, 0.29) is 5.97 Å². The Hall–Kier alpha value is -1.36. The lowest BCUT2D eigenvalue weighted by Crippen LogP contribution is -2.31. The van der Waals surface area contributed by atoms with Crippen LogP contribution in [0.15, 0.2) is 41.8 Å². The first kappa shape index (κ1) is 15.0. The molecule has 0 radical (unpaired) electrons. The van der Waals surface area contributed by atoms with E-state index in [2.05, 4.69) is 11.4 Å². The van der Waals surface area contributed by atoms with Crippen molar-refractivity contribution in [1.29, 1.82) is 0 Å². The fourth-order valence-corrected chi connectivity index (χ4v) is 2.90. The van der Waals surface area contributed by atoms with Crippen LogP contribution in [0.2, 0.25) is 5.02 Å². The molecule has 1 aromatic carbocycles. The number of thiophene rings is 1. The lowest BCUT2D eigenvalue weighted by Gasteiger charge is -2.17. The normalized spacial score (nSPS) is 12.1. The number of carbonyl (C=O) groups is 1. The van der Waals surface area contributed by atoms with Gasteiger partial charge in [0, 0.05) is 16.4 Å². The van der Waals surface area contributed by atoms with Crippen molar-refractivity contribution in [3.8, 4) is 0 Å². The van der Waals surface area contributed by atoms with Gasteiger partial charge >= 0.3 is 5.97 Å². The molecule has 0 fully saturated rings.